The van der Waals surface area contributed by atoms with Crippen LogP contribution in [0.5, 0.6) is 5.75 Å². The number of benzene rings is 1. The molecule has 1 aromatic rings. The fourth-order valence-corrected chi connectivity index (χ4v) is 2.65. The zero-order valence-corrected chi connectivity index (χ0v) is 13.0. The van der Waals surface area contributed by atoms with E-state index in [1.165, 1.54) is 12.0 Å². The van der Waals surface area contributed by atoms with Crippen LogP contribution in [0.3, 0.4) is 0 Å². The van der Waals surface area contributed by atoms with E-state index in [9.17, 15) is 9.59 Å². The molecular weight excluding hydrogens is 310 g/mol. The standard InChI is InChI=1S/C15H18ClNO5/c1-21-13-4-2-10(8-11(13)16)3-5-14(18)17-6-7-22-9-12(17)15(19)20/h2,4,8,12H,3,5-7,9H2,1H3,(H,19,20). The molecule has 1 aliphatic rings. The summed E-state index contributed by atoms with van der Waals surface area (Å²) in [5.41, 5.74) is 0.902. The lowest BCUT2D eigenvalue weighted by molar-refractivity contribution is -0.158. The molecule has 6 nitrogen and oxygen atoms in total. The van der Waals surface area contributed by atoms with E-state index in [0.717, 1.165) is 5.56 Å². The second-order valence-corrected chi connectivity index (χ2v) is 5.39. The molecule has 1 saturated heterocycles. The molecule has 22 heavy (non-hydrogen) atoms. The number of methoxy groups -OCH3 is 1. The predicted octanol–water partition coefficient (Wildman–Crippen LogP) is 1.59. The van der Waals surface area contributed by atoms with Crippen LogP contribution in [-0.2, 0) is 20.7 Å². The summed E-state index contributed by atoms with van der Waals surface area (Å²) in [4.78, 5) is 24.8. The fourth-order valence-electron chi connectivity index (χ4n) is 2.37. The molecule has 1 heterocycles. The number of hydrogen-bond donors (Lipinski definition) is 1. The summed E-state index contributed by atoms with van der Waals surface area (Å²) in [5, 5.41) is 9.62. The zero-order chi connectivity index (χ0) is 16.1. The van der Waals surface area contributed by atoms with E-state index in [-0.39, 0.29) is 18.9 Å². The Hall–Kier alpha value is -1.79. The van der Waals surface area contributed by atoms with Crippen molar-refractivity contribution in [3.63, 3.8) is 0 Å². The second kappa shape index (κ2) is 7.47. The first-order chi connectivity index (χ1) is 10.5. The van der Waals surface area contributed by atoms with Crippen molar-refractivity contribution in [3.05, 3.63) is 28.8 Å². The molecule has 0 aliphatic carbocycles. The van der Waals surface area contributed by atoms with Crippen LogP contribution in [0.4, 0.5) is 0 Å². The number of halogens is 1. The van der Waals surface area contributed by atoms with Crippen LogP contribution < -0.4 is 4.74 Å². The Balaban J connectivity index is 1.96. The summed E-state index contributed by atoms with van der Waals surface area (Å²) in [5.74, 6) is -0.654. The Labute approximate surface area is 133 Å². The smallest absolute Gasteiger partial charge is 0.328 e. The summed E-state index contributed by atoms with van der Waals surface area (Å²) in [6.45, 7) is 0.707. The van der Waals surface area contributed by atoms with Crippen molar-refractivity contribution in [3.8, 4) is 5.75 Å². The van der Waals surface area contributed by atoms with Gasteiger partial charge in [-0.05, 0) is 24.1 Å². The molecule has 1 aliphatic heterocycles. The molecule has 1 aromatic carbocycles. The number of hydrogen-bond acceptors (Lipinski definition) is 4. The summed E-state index contributed by atoms with van der Waals surface area (Å²) >= 11 is 6.04. The highest BCUT2D eigenvalue weighted by Gasteiger charge is 2.32. The zero-order valence-electron chi connectivity index (χ0n) is 12.3. The maximum absolute atomic E-state index is 12.2. The minimum absolute atomic E-state index is 0.0371. The Morgan fingerprint density at radius 3 is 2.91 bits per heavy atom. The van der Waals surface area contributed by atoms with Crippen molar-refractivity contribution in [2.45, 2.75) is 18.9 Å². The average molecular weight is 328 g/mol. The van der Waals surface area contributed by atoms with Crippen molar-refractivity contribution in [1.29, 1.82) is 0 Å². The van der Waals surface area contributed by atoms with Gasteiger partial charge in [0.1, 0.15) is 5.75 Å². The molecule has 1 unspecified atom stereocenters. The molecule has 0 aromatic heterocycles. The van der Waals surface area contributed by atoms with Crippen molar-refractivity contribution in [2.75, 3.05) is 26.9 Å². The van der Waals surface area contributed by atoms with Gasteiger partial charge in [0.15, 0.2) is 6.04 Å². The SMILES string of the molecule is COc1ccc(CCC(=O)N2CCOCC2C(=O)O)cc1Cl. The number of nitrogens with zero attached hydrogens (tertiary/aromatic N) is 1. The van der Waals surface area contributed by atoms with Gasteiger partial charge in [0.05, 0.1) is 25.3 Å². The lowest BCUT2D eigenvalue weighted by Gasteiger charge is -2.32. The van der Waals surface area contributed by atoms with Gasteiger partial charge < -0.3 is 19.5 Å². The second-order valence-electron chi connectivity index (χ2n) is 4.98. The molecule has 1 fully saturated rings. The normalized spacial score (nSPS) is 18.1. The minimum Gasteiger partial charge on any atom is -0.495 e. The Kier molecular flexibility index (Phi) is 5.63. The van der Waals surface area contributed by atoms with Gasteiger partial charge in [-0.2, -0.15) is 0 Å². The van der Waals surface area contributed by atoms with Gasteiger partial charge in [-0.1, -0.05) is 17.7 Å². The van der Waals surface area contributed by atoms with Crippen LogP contribution in [-0.4, -0.2) is 54.8 Å². The fraction of sp³-hybridized carbons (Fsp3) is 0.467. The highest BCUT2D eigenvalue weighted by Crippen LogP contribution is 2.25. The van der Waals surface area contributed by atoms with E-state index in [1.54, 1.807) is 12.1 Å². The average Bonchev–Trinajstić information content (AvgIpc) is 2.52. The highest BCUT2D eigenvalue weighted by molar-refractivity contribution is 6.32. The van der Waals surface area contributed by atoms with Crippen molar-refractivity contribution in [1.82, 2.24) is 4.90 Å². The number of amides is 1. The summed E-state index contributed by atoms with van der Waals surface area (Å²) in [7, 11) is 1.54. The topological polar surface area (TPSA) is 76.1 Å². The first kappa shape index (κ1) is 16.6. The van der Waals surface area contributed by atoms with Crippen molar-refractivity contribution in [2.24, 2.45) is 0 Å². The Morgan fingerprint density at radius 1 is 1.50 bits per heavy atom. The minimum atomic E-state index is -1.04. The molecule has 7 heteroatoms. The molecule has 0 radical (unpaired) electrons. The summed E-state index contributed by atoms with van der Waals surface area (Å²) in [6, 6.07) is 4.44. The predicted molar refractivity (Wildman–Crippen MR) is 80.3 cm³/mol. The molecule has 0 spiro atoms. The largest absolute Gasteiger partial charge is 0.495 e. The maximum Gasteiger partial charge on any atom is 0.328 e. The molecule has 120 valence electrons. The number of aliphatic carboxylic acids is 1. The van der Waals surface area contributed by atoms with Gasteiger partial charge in [0.2, 0.25) is 5.91 Å². The number of carbonyl (C=O) groups is 2. The number of rotatable bonds is 5. The van der Waals surface area contributed by atoms with Gasteiger partial charge in [-0.25, -0.2) is 4.79 Å². The molecular formula is C15H18ClNO5. The molecule has 1 amide bonds. The van der Waals surface area contributed by atoms with E-state index >= 15 is 0 Å². The lowest BCUT2D eigenvalue weighted by Crippen LogP contribution is -2.52. The van der Waals surface area contributed by atoms with Crippen molar-refractivity contribution >= 4 is 23.5 Å². The van der Waals surface area contributed by atoms with Gasteiger partial charge in [-0.15, -0.1) is 0 Å². The third-order valence-electron chi connectivity index (χ3n) is 3.58. The van der Waals surface area contributed by atoms with Crippen LogP contribution in [0, 0.1) is 0 Å². The monoisotopic (exact) mass is 327 g/mol. The number of carboxylic acids is 1. The number of carboxylic acid groups (broad SMARTS) is 1. The van der Waals surface area contributed by atoms with E-state index in [0.29, 0.717) is 30.3 Å². The third-order valence-corrected chi connectivity index (χ3v) is 3.87. The van der Waals surface area contributed by atoms with E-state index in [2.05, 4.69) is 0 Å². The van der Waals surface area contributed by atoms with Crippen LogP contribution >= 0.6 is 11.6 Å². The molecule has 0 bridgehead atoms. The molecule has 2 rings (SSSR count). The van der Waals surface area contributed by atoms with Gasteiger partial charge in [-0.3, -0.25) is 4.79 Å². The van der Waals surface area contributed by atoms with E-state index < -0.39 is 12.0 Å². The number of ether oxygens (including phenoxy) is 2. The van der Waals surface area contributed by atoms with E-state index in [4.69, 9.17) is 26.2 Å². The van der Waals surface area contributed by atoms with Gasteiger partial charge in [0, 0.05) is 13.0 Å². The molecule has 1 N–H and O–H groups in total. The molecule has 0 saturated carbocycles. The lowest BCUT2D eigenvalue weighted by atomic mass is 10.1. The summed E-state index contributed by atoms with van der Waals surface area (Å²) in [6.07, 6.45) is 0.721. The first-order valence-corrected chi connectivity index (χ1v) is 7.33. The summed E-state index contributed by atoms with van der Waals surface area (Å²) < 4.78 is 10.2. The molecule has 1 atom stereocenters. The van der Waals surface area contributed by atoms with Gasteiger partial charge in [0.25, 0.3) is 0 Å². The van der Waals surface area contributed by atoms with Gasteiger partial charge >= 0.3 is 5.97 Å². The van der Waals surface area contributed by atoms with Crippen LogP contribution in [0.25, 0.3) is 0 Å². The Morgan fingerprint density at radius 2 is 2.27 bits per heavy atom. The first-order valence-electron chi connectivity index (χ1n) is 6.95. The van der Waals surface area contributed by atoms with Crippen LogP contribution in [0.2, 0.25) is 5.02 Å². The van der Waals surface area contributed by atoms with Crippen LogP contribution in [0.1, 0.15) is 12.0 Å². The quantitative estimate of drug-likeness (QED) is 0.889. The van der Waals surface area contributed by atoms with Crippen molar-refractivity contribution < 1.29 is 24.2 Å². The number of morpholine rings is 1. The maximum atomic E-state index is 12.2. The van der Waals surface area contributed by atoms with E-state index in [1.807, 2.05) is 6.07 Å². The van der Waals surface area contributed by atoms with Crippen LogP contribution in [0.15, 0.2) is 18.2 Å². The number of aryl methyl sites for hydroxylation is 1. The Bertz CT molecular complexity index is 563. The third kappa shape index (κ3) is 3.90. The highest BCUT2D eigenvalue weighted by atomic mass is 35.5. The number of carbonyl (C=O) groups excluding carboxylic acids is 1.